The number of methoxy groups -OCH3 is 1. The molecule has 2 heterocycles. The number of Topliss-reactive ketones (excluding diaryl/α,β-unsaturated/α-hetero) is 1. The van der Waals surface area contributed by atoms with Crippen molar-refractivity contribution in [1.82, 2.24) is 10.3 Å². The number of rotatable bonds is 5. The number of ketones is 1. The number of carbonyl (C=O) groups is 1. The van der Waals surface area contributed by atoms with Gasteiger partial charge in [0.2, 0.25) is 0 Å². The van der Waals surface area contributed by atoms with E-state index in [1.54, 1.807) is 7.11 Å². The smallest absolute Gasteiger partial charge is 0.154 e. The summed E-state index contributed by atoms with van der Waals surface area (Å²) in [5, 5.41) is 4.90. The molecule has 4 nitrogen and oxygen atoms in total. The number of benzene rings is 3. The van der Waals surface area contributed by atoms with Gasteiger partial charge in [0.25, 0.3) is 0 Å². The number of fused-ring (bicyclic) bond motifs is 4. The number of H-pyrrole nitrogens is 1. The molecule has 0 spiro atoms. The Kier molecular flexibility index (Phi) is 5.78. The van der Waals surface area contributed by atoms with Crippen LogP contribution in [0.15, 0.2) is 77.3 Å². The first-order valence-corrected chi connectivity index (χ1v) is 13.1. The van der Waals surface area contributed by atoms with Gasteiger partial charge in [0.15, 0.2) is 5.78 Å². The van der Waals surface area contributed by atoms with Crippen molar-refractivity contribution >= 4 is 32.6 Å². The average Bonchev–Trinajstić information content (AvgIpc) is 3.26. The predicted octanol–water partition coefficient (Wildman–Crippen LogP) is 5.77. The maximum atomic E-state index is 13.8. The van der Waals surface area contributed by atoms with Crippen LogP contribution in [-0.2, 0) is 29.5 Å². The molecule has 6 rings (SSSR count). The molecule has 1 aliphatic carbocycles. The van der Waals surface area contributed by atoms with Gasteiger partial charge < -0.3 is 15.0 Å². The van der Waals surface area contributed by atoms with Crippen LogP contribution >= 0.6 is 15.9 Å². The second-order valence-electron chi connectivity index (χ2n) is 9.93. The van der Waals surface area contributed by atoms with Crippen LogP contribution in [-0.4, -0.2) is 30.5 Å². The number of aromatic nitrogens is 1. The minimum absolute atomic E-state index is 0.142. The van der Waals surface area contributed by atoms with E-state index in [4.69, 9.17) is 4.74 Å². The van der Waals surface area contributed by atoms with E-state index < -0.39 is 0 Å². The number of ether oxygens (including phenoxy) is 1. The van der Waals surface area contributed by atoms with Gasteiger partial charge in [0, 0.05) is 27.4 Å². The number of halogens is 1. The third kappa shape index (κ3) is 3.82. The lowest BCUT2D eigenvalue weighted by molar-refractivity contribution is -0.123. The summed E-state index contributed by atoms with van der Waals surface area (Å²) in [7, 11) is 1.72. The Hall–Kier alpha value is -2.89. The summed E-state index contributed by atoms with van der Waals surface area (Å²) in [6.07, 6.45) is 3.19. The molecule has 0 bridgehead atoms. The topological polar surface area (TPSA) is 54.1 Å². The van der Waals surface area contributed by atoms with Crippen molar-refractivity contribution < 1.29 is 9.53 Å². The molecule has 5 heteroatoms. The quantitative estimate of drug-likeness (QED) is 0.346. The highest BCUT2D eigenvalue weighted by molar-refractivity contribution is 9.10. The SMILES string of the molecule is COc1cccc([C@]23CCNC(C(=O)Cc4ccccc4)C2Cc2c([nH]c4c(Br)cccc24)C3)c1. The number of nitrogens with one attached hydrogen (secondary N) is 2. The van der Waals surface area contributed by atoms with Crippen LogP contribution in [0.5, 0.6) is 5.75 Å². The Morgan fingerprint density at radius 1 is 1.09 bits per heavy atom. The summed E-state index contributed by atoms with van der Waals surface area (Å²) in [5.41, 5.74) is 6.00. The summed E-state index contributed by atoms with van der Waals surface area (Å²) in [6, 6.07) is 24.8. The molecule has 2 aliphatic rings. The van der Waals surface area contributed by atoms with E-state index in [-0.39, 0.29) is 23.2 Å². The van der Waals surface area contributed by atoms with E-state index in [1.807, 2.05) is 36.4 Å². The molecular weight excluding hydrogens is 500 g/mol. The lowest BCUT2D eigenvalue weighted by Crippen LogP contribution is -2.60. The Morgan fingerprint density at radius 2 is 1.91 bits per heavy atom. The third-order valence-corrected chi connectivity index (χ3v) is 8.82. The first kappa shape index (κ1) is 22.6. The minimum atomic E-state index is -0.194. The molecule has 2 N–H and O–H groups in total. The lowest BCUT2D eigenvalue weighted by atomic mass is 9.56. The number of piperidine rings is 1. The molecule has 4 aromatic rings. The van der Waals surface area contributed by atoms with Gasteiger partial charge in [-0.15, -0.1) is 0 Å². The molecule has 0 saturated carbocycles. The van der Waals surface area contributed by atoms with Crippen LogP contribution in [0.25, 0.3) is 10.9 Å². The monoisotopic (exact) mass is 528 g/mol. The number of hydrogen-bond donors (Lipinski definition) is 2. The van der Waals surface area contributed by atoms with Gasteiger partial charge in [0.1, 0.15) is 5.75 Å². The van der Waals surface area contributed by atoms with Gasteiger partial charge in [0.05, 0.1) is 18.7 Å². The molecule has 1 fully saturated rings. The highest BCUT2D eigenvalue weighted by Gasteiger charge is 2.52. The molecule has 1 aliphatic heterocycles. The number of aromatic amines is 1. The Balaban J connectivity index is 1.47. The Labute approximate surface area is 214 Å². The van der Waals surface area contributed by atoms with E-state index in [0.717, 1.165) is 47.1 Å². The van der Waals surface area contributed by atoms with Crippen molar-refractivity contribution in [1.29, 1.82) is 0 Å². The van der Waals surface area contributed by atoms with Crippen molar-refractivity contribution in [3.05, 3.63) is 99.7 Å². The average molecular weight is 529 g/mol. The predicted molar refractivity (Wildman–Crippen MR) is 143 cm³/mol. The van der Waals surface area contributed by atoms with Crippen LogP contribution in [0.3, 0.4) is 0 Å². The normalized spacial score (nSPS) is 23.5. The number of hydrogen-bond acceptors (Lipinski definition) is 3. The fraction of sp³-hybridized carbons (Fsp3) is 0.300. The fourth-order valence-electron chi connectivity index (χ4n) is 6.48. The summed E-state index contributed by atoms with van der Waals surface area (Å²) < 4.78 is 6.69. The van der Waals surface area contributed by atoms with Gasteiger partial charge in [-0.05, 0) is 82.5 Å². The standard InChI is InChI=1S/C30H29BrN2O2/c1-35-21-10-5-9-20(16-21)30-13-14-32-29(27(34)15-19-7-3-2-4-8-19)24(30)17-23-22-11-6-12-25(31)28(22)33-26(23)18-30/h2-12,16,24,29,32-33H,13-15,17-18H2,1H3/t24?,29?,30-/m1/s1. The second-order valence-corrected chi connectivity index (χ2v) is 10.8. The zero-order valence-corrected chi connectivity index (χ0v) is 21.4. The molecule has 1 saturated heterocycles. The van der Waals surface area contributed by atoms with Crippen LogP contribution in [0.1, 0.15) is 28.8 Å². The minimum Gasteiger partial charge on any atom is -0.497 e. The second kappa shape index (κ2) is 8.96. The van der Waals surface area contributed by atoms with Crippen molar-refractivity contribution in [3.8, 4) is 5.75 Å². The van der Waals surface area contributed by atoms with E-state index in [2.05, 4.69) is 62.6 Å². The van der Waals surface area contributed by atoms with E-state index in [0.29, 0.717) is 6.42 Å². The molecule has 35 heavy (non-hydrogen) atoms. The van der Waals surface area contributed by atoms with Crippen molar-refractivity contribution in [2.24, 2.45) is 5.92 Å². The zero-order valence-electron chi connectivity index (χ0n) is 19.8. The third-order valence-electron chi connectivity index (χ3n) is 8.16. The molecular formula is C30H29BrN2O2. The van der Waals surface area contributed by atoms with Gasteiger partial charge in [-0.25, -0.2) is 0 Å². The van der Waals surface area contributed by atoms with E-state index in [1.165, 1.54) is 22.2 Å². The Morgan fingerprint density at radius 3 is 2.74 bits per heavy atom. The number of carbonyl (C=O) groups excluding carboxylic acids is 1. The largest absolute Gasteiger partial charge is 0.497 e. The molecule has 0 amide bonds. The highest BCUT2D eigenvalue weighted by Crippen LogP contribution is 2.50. The van der Waals surface area contributed by atoms with E-state index in [9.17, 15) is 4.79 Å². The summed E-state index contributed by atoms with van der Waals surface area (Å²) >= 11 is 3.73. The van der Waals surface area contributed by atoms with Crippen molar-refractivity contribution in [2.75, 3.05) is 13.7 Å². The van der Waals surface area contributed by atoms with Gasteiger partial charge >= 0.3 is 0 Å². The Bertz CT molecular complexity index is 1400. The maximum absolute atomic E-state index is 13.8. The fourth-order valence-corrected chi connectivity index (χ4v) is 6.94. The lowest BCUT2D eigenvalue weighted by Gasteiger charge is -2.51. The van der Waals surface area contributed by atoms with Crippen molar-refractivity contribution in [2.45, 2.75) is 37.1 Å². The highest BCUT2D eigenvalue weighted by atomic mass is 79.9. The maximum Gasteiger partial charge on any atom is 0.154 e. The molecule has 0 radical (unpaired) electrons. The molecule has 178 valence electrons. The van der Waals surface area contributed by atoms with Gasteiger partial charge in [-0.1, -0.05) is 54.6 Å². The van der Waals surface area contributed by atoms with Crippen LogP contribution in [0.2, 0.25) is 0 Å². The van der Waals surface area contributed by atoms with Crippen molar-refractivity contribution in [3.63, 3.8) is 0 Å². The number of para-hydroxylation sites is 1. The molecule has 2 unspecified atom stereocenters. The first-order chi connectivity index (χ1) is 17.1. The molecule has 1 aromatic heterocycles. The summed E-state index contributed by atoms with van der Waals surface area (Å²) in [6.45, 7) is 0.818. The zero-order chi connectivity index (χ0) is 24.0. The van der Waals surface area contributed by atoms with Gasteiger partial charge in [-0.3, -0.25) is 4.79 Å². The van der Waals surface area contributed by atoms with E-state index >= 15 is 0 Å². The van der Waals surface area contributed by atoms with Crippen LogP contribution in [0.4, 0.5) is 0 Å². The molecule has 3 atom stereocenters. The van der Waals surface area contributed by atoms with Crippen LogP contribution in [0, 0.1) is 5.92 Å². The van der Waals surface area contributed by atoms with Gasteiger partial charge in [-0.2, -0.15) is 0 Å². The first-order valence-electron chi connectivity index (χ1n) is 12.3. The summed E-state index contributed by atoms with van der Waals surface area (Å²) in [4.78, 5) is 17.5. The van der Waals surface area contributed by atoms with Crippen LogP contribution < -0.4 is 10.1 Å². The molecule has 3 aromatic carbocycles. The summed E-state index contributed by atoms with van der Waals surface area (Å²) in [5.74, 6) is 1.30.